The Labute approximate surface area is 136 Å². The van der Waals surface area contributed by atoms with Crippen LogP contribution >= 0.6 is 0 Å². The summed E-state index contributed by atoms with van der Waals surface area (Å²) in [6.07, 6.45) is -0.228. The summed E-state index contributed by atoms with van der Waals surface area (Å²) in [6, 6.07) is 5.74. The van der Waals surface area contributed by atoms with Gasteiger partial charge >= 0.3 is 0 Å². The van der Waals surface area contributed by atoms with Crippen LogP contribution in [0, 0.1) is 5.82 Å². The fraction of sp³-hybridized carbons (Fsp3) is 0.500. The standard InChI is InChI=1S/C14H23FN4O3S/c1-3-17-14(18-8-9-23(16,20)21)19-10-11(2)22-13-6-4-12(15)5-7-13/h4-7,11H,3,8-10H2,1-2H3,(H2,16,20,21)(H2,17,18,19). The van der Waals surface area contributed by atoms with E-state index in [1.807, 2.05) is 13.8 Å². The molecule has 0 heterocycles. The number of primary sulfonamides is 1. The van der Waals surface area contributed by atoms with Crippen molar-refractivity contribution in [2.24, 2.45) is 10.1 Å². The molecular formula is C14H23FN4O3S. The van der Waals surface area contributed by atoms with E-state index in [0.717, 1.165) is 0 Å². The van der Waals surface area contributed by atoms with Gasteiger partial charge in [-0.05, 0) is 38.1 Å². The van der Waals surface area contributed by atoms with Crippen molar-refractivity contribution in [2.75, 3.05) is 25.4 Å². The first-order chi connectivity index (χ1) is 10.8. The number of nitrogens with one attached hydrogen (secondary N) is 2. The molecule has 0 aliphatic rings. The minimum atomic E-state index is -3.51. The van der Waals surface area contributed by atoms with E-state index in [1.54, 1.807) is 12.1 Å². The highest BCUT2D eigenvalue weighted by Crippen LogP contribution is 2.12. The number of ether oxygens (including phenoxy) is 1. The first-order valence-electron chi connectivity index (χ1n) is 7.25. The van der Waals surface area contributed by atoms with Crippen molar-refractivity contribution in [2.45, 2.75) is 20.0 Å². The molecule has 0 aromatic heterocycles. The Balaban J connectivity index is 2.49. The molecule has 1 unspecified atom stereocenters. The summed E-state index contributed by atoms with van der Waals surface area (Å²) in [7, 11) is -3.51. The zero-order valence-corrected chi connectivity index (χ0v) is 14.1. The van der Waals surface area contributed by atoms with Crippen molar-refractivity contribution in [1.29, 1.82) is 0 Å². The number of halogens is 1. The summed E-state index contributed by atoms with van der Waals surface area (Å²) in [5.74, 6) is 0.530. The molecule has 23 heavy (non-hydrogen) atoms. The molecule has 0 saturated heterocycles. The van der Waals surface area contributed by atoms with Crippen LogP contribution in [0.4, 0.5) is 4.39 Å². The van der Waals surface area contributed by atoms with E-state index >= 15 is 0 Å². The smallest absolute Gasteiger partial charge is 0.210 e. The Morgan fingerprint density at radius 3 is 2.57 bits per heavy atom. The van der Waals surface area contributed by atoms with Gasteiger partial charge in [-0.25, -0.2) is 22.9 Å². The van der Waals surface area contributed by atoms with Crippen LogP contribution in [0.3, 0.4) is 0 Å². The molecule has 0 amide bonds. The number of nitrogens with zero attached hydrogens (tertiary/aromatic N) is 1. The number of sulfonamides is 1. The predicted octanol–water partition coefficient (Wildman–Crippen LogP) is 0.437. The average Bonchev–Trinajstić information content (AvgIpc) is 2.46. The summed E-state index contributed by atoms with van der Waals surface area (Å²) in [5, 5.41) is 10.8. The monoisotopic (exact) mass is 346 g/mol. The van der Waals surface area contributed by atoms with Gasteiger partial charge in [0.1, 0.15) is 17.7 Å². The maximum Gasteiger partial charge on any atom is 0.210 e. The first kappa shape index (κ1) is 19.2. The number of aliphatic imine (C=N–C) groups is 1. The summed E-state index contributed by atoms with van der Waals surface area (Å²) < 4.78 is 40.2. The third-order valence-corrected chi connectivity index (χ3v) is 3.45. The normalized spacial score (nSPS) is 13.5. The zero-order chi connectivity index (χ0) is 17.3. The molecule has 9 heteroatoms. The Hall–Kier alpha value is -1.87. The van der Waals surface area contributed by atoms with Crippen molar-refractivity contribution in [1.82, 2.24) is 10.6 Å². The van der Waals surface area contributed by atoms with Gasteiger partial charge in [0, 0.05) is 13.1 Å². The van der Waals surface area contributed by atoms with Gasteiger partial charge in [0.05, 0.1) is 12.3 Å². The van der Waals surface area contributed by atoms with Crippen molar-refractivity contribution in [3.05, 3.63) is 30.1 Å². The summed E-state index contributed by atoms with van der Waals surface area (Å²) in [6.45, 7) is 4.88. The Morgan fingerprint density at radius 1 is 1.35 bits per heavy atom. The van der Waals surface area contributed by atoms with Crippen LogP contribution in [0.1, 0.15) is 13.8 Å². The Bertz CT molecular complexity index is 605. The molecule has 0 aliphatic carbocycles. The van der Waals surface area contributed by atoms with E-state index < -0.39 is 10.0 Å². The third-order valence-electron chi connectivity index (χ3n) is 2.68. The van der Waals surface area contributed by atoms with Crippen LogP contribution in [0.2, 0.25) is 0 Å². The number of guanidine groups is 1. The van der Waals surface area contributed by atoms with Crippen LogP contribution in [-0.4, -0.2) is 45.9 Å². The van der Waals surface area contributed by atoms with Gasteiger partial charge in [0.25, 0.3) is 0 Å². The molecule has 0 saturated carbocycles. The largest absolute Gasteiger partial charge is 0.489 e. The van der Waals surface area contributed by atoms with Crippen molar-refractivity contribution in [3.8, 4) is 5.75 Å². The maximum absolute atomic E-state index is 12.8. The zero-order valence-electron chi connectivity index (χ0n) is 13.3. The lowest BCUT2D eigenvalue weighted by molar-refractivity contribution is 0.230. The highest BCUT2D eigenvalue weighted by atomic mass is 32.2. The van der Waals surface area contributed by atoms with Gasteiger partial charge in [-0.3, -0.25) is 0 Å². The maximum atomic E-state index is 12.8. The molecule has 1 aromatic rings. The minimum absolute atomic E-state index is 0.165. The van der Waals surface area contributed by atoms with E-state index in [-0.39, 0.29) is 24.2 Å². The molecule has 1 rings (SSSR count). The molecule has 1 atom stereocenters. The molecule has 1 aromatic carbocycles. The van der Waals surface area contributed by atoms with E-state index in [2.05, 4.69) is 15.6 Å². The highest BCUT2D eigenvalue weighted by molar-refractivity contribution is 7.89. The van der Waals surface area contributed by atoms with Gasteiger partial charge in [-0.1, -0.05) is 0 Å². The summed E-state index contributed by atoms with van der Waals surface area (Å²) >= 11 is 0. The van der Waals surface area contributed by atoms with E-state index in [1.165, 1.54) is 12.1 Å². The van der Waals surface area contributed by atoms with Crippen LogP contribution in [0.5, 0.6) is 5.75 Å². The number of hydrogen-bond acceptors (Lipinski definition) is 4. The lowest BCUT2D eigenvalue weighted by Crippen LogP contribution is -2.40. The molecule has 0 fully saturated rings. The number of benzene rings is 1. The van der Waals surface area contributed by atoms with Gasteiger partial charge in [0.15, 0.2) is 5.96 Å². The van der Waals surface area contributed by atoms with E-state index in [9.17, 15) is 12.8 Å². The second kappa shape index (κ2) is 9.31. The SMILES string of the molecule is CCNC(=NCC(C)Oc1ccc(F)cc1)NCCS(N)(=O)=O. The second-order valence-electron chi connectivity index (χ2n) is 4.90. The first-order valence-corrected chi connectivity index (χ1v) is 8.96. The van der Waals surface area contributed by atoms with Crippen LogP contribution in [0.15, 0.2) is 29.3 Å². The molecule has 0 aliphatic heterocycles. The third kappa shape index (κ3) is 8.99. The van der Waals surface area contributed by atoms with Gasteiger partial charge < -0.3 is 15.4 Å². The second-order valence-corrected chi connectivity index (χ2v) is 6.63. The molecule has 7 nitrogen and oxygen atoms in total. The fourth-order valence-electron chi connectivity index (χ4n) is 1.66. The fourth-order valence-corrected chi connectivity index (χ4v) is 2.04. The Kier molecular flexibility index (Phi) is 7.76. The summed E-state index contributed by atoms with van der Waals surface area (Å²) in [5.41, 5.74) is 0. The van der Waals surface area contributed by atoms with Crippen molar-refractivity contribution in [3.63, 3.8) is 0 Å². The van der Waals surface area contributed by atoms with E-state index in [4.69, 9.17) is 9.88 Å². The van der Waals surface area contributed by atoms with Crippen molar-refractivity contribution < 1.29 is 17.5 Å². The molecule has 0 radical (unpaired) electrons. The molecular weight excluding hydrogens is 323 g/mol. The molecule has 130 valence electrons. The number of hydrogen-bond donors (Lipinski definition) is 3. The van der Waals surface area contributed by atoms with Gasteiger partial charge in [-0.2, -0.15) is 0 Å². The molecule has 4 N–H and O–H groups in total. The predicted molar refractivity (Wildman–Crippen MR) is 88.4 cm³/mol. The van der Waals surface area contributed by atoms with Crippen LogP contribution in [0.25, 0.3) is 0 Å². The van der Waals surface area contributed by atoms with Gasteiger partial charge in [-0.15, -0.1) is 0 Å². The average molecular weight is 346 g/mol. The van der Waals surface area contributed by atoms with Crippen LogP contribution in [-0.2, 0) is 10.0 Å². The number of nitrogens with two attached hydrogens (primary N) is 1. The van der Waals surface area contributed by atoms with Gasteiger partial charge in [0.2, 0.25) is 10.0 Å². The Morgan fingerprint density at radius 2 is 2.00 bits per heavy atom. The van der Waals surface area contributed by atoms with E-state index in [0.29, 0.717) is 24.8 Å². The lowest BCUT2D eigenvalue weighted by Gasteiger charge is -2.15. The summed E-state index contributed by atoms with van der Waals surface area (Å²) in [4.78, 5) is 4.31. The molecule has 0 bridgehead atoms. The minimum Gasteiger partial charge on any atom is -0.489 e. The molecule has 0 spiro atoms. The lowest BCUT2D eigenvalue weighted by atomic mass is 10.3. The van der Waals surface area contributed by atoms with Crippen LogP contribution < -0.4 is 20.5 Å². The van der Waals surface area contributed by atoms with Crippen molar-refractivity contribution >= 4 is 16.0 Å². The quantitative estimate of drug-likeness (QED) is 0.468. The highest BCUT2D eigenvalue weighted by Gasteiger charge is 2.06. The topological polar surface area (TPSA) is 106 Å². The number of rotatable bonds is 8.